The van der Waals surface area contributed by atoms with E-state index in [1.165, 1.54) is 0 Å². The summed E-state index contributed by atoms with van der Waals surface area (Å²) >= 11 is 0. The Bertz CT molecular complexity index is 1040. The molecule has 0 N–H and O–H groups in total. The Kier molecular flexibility index (Phi) is 8.29. The van der Waals surface area contributed by atoms with E-state index in [0.29, 0.717) is 24.0 Å². The van der Waals surface area contributed by atoms with Crippen molar-refractivity contribution >= 4 is 11.8 Å². The predicted molar refractivity (Wildman–Crippen MR) is 132 cm³/mol. The molecule has 1 fully saturated rings. The Morgan fingerprint density at radius 1 is 1.03 bits per heavy atom. The molecule has 0 aromatic heterocycles. The summed E-state index contributed by atoms with van der Waals surface area (Å²) in [5.74, 6) is 2.46. The minimum Gasteiger partial charge on any atom is -0.493 e. The molecule has 1 atom stereocenters. The Morgan fingerprint density at radius 3 is 2.46 bits per heavy atom. The number of methoxy groups -OCH3 is 2. The molecule has 1 saturated heterocycles. The first-order valence-corrected chi connectivity index (χ1v) is 12.4. The van der Waals surface area contributed by atoms with Crippen molar-refractivity contribution < 1.29 is 28.5 Å². The Hall–Kier alpha value is -3.06. The minimum absolute atomic E-state index is 0.0374. The van der Waals surface area contributed by atoms with E-state index in [1.807, 2.05) is 36.4 Å². The molecule has 2 aliphatic rings. The molecule has 0 amide bonds. The summed E-state index contributed by atoms with van der Waals surface area (Å²) < 4.78 is 21.5. The molecule has 7 heteroatoms. The van der Waals surface area contributed by atoms with Gasteiger partial charge in [0.25, 0.3) is 0 Å². The Labute approximate surface area is 207 Å². The number of rotatable bonds is 10. The summed E-state index contributed by atoms with van der Waals surface area (Å²) in [5.41, 5.74) is 2.92. The van der Waals surface area contributed by atoms with Gasteiger partial charge in [0.1, 0.15) is 5.75 Å². The normalized spacial score (nSPS) is 18.3. The van der Waals surface area contributed by atoms with Crippen LogP contribution in [0.1, 0.15) is 47.7 Å². The van der Waals surface area contributed by atoms with Crippen LogP contribution in [-0.4, -0.2) is 57.2 Å². The van der Waals surface area contributed by atoms with Gasteiger partial charge in [0.05, 0.1) is 20.8 Å². The number of fused-ring (bicyclic) bond motifs is 1. The maximum atomic E-state index is 13.1. The lowest BCUT2D eigenvalue weighted by Crippen LogP contribution is -2.34. The van der Waals surface area contributed by atoms with Crippen LogP contribution in [0.2, 0.25) is 0 Å². The molecule has 35 heavy (non-hydrogen) atoms. The second kappa shape index (κ2) is 11.6. The highest BCUT2D eigenvalue weighted by molar-refractivity contribution is 6.02. The fourth-order valence-electron chi connectivity index (χ4n) is 5.23. The molecule has 1 aliphatic heterocycles. The fraction of sp³-hybridized carbons (Fsp3) is 0.500. The zero-order chi connectivity index (χ0) is 24.8. The van der Waals surface area contributed by atoms with Crippen molar-refractivity contribution in [1.82, 2.24) is 4.90 Å². The zero-order valence-electron chi connectivity index (χ0n) is 20.9. The van der Waals surface area contributed by atoms with Crippen LogP contribution in [0.15, 0.2) is 36.4 Å². The lowest BCUT2D eigenvalue weighted by Gasteiger charge is -2.33. The van der Waals surface area contributed by atoms with Crippen LogP contribution in [0, 0.1) is 11.8 Å². The summed E-state index contributed by atoms with van der Waals surface area (Å²) in [6.45, 7) is 4.78. The molecule has 1 heterocycles. The molecule has 1 unspecified atom stereocenters. The number of benzene rings is 2. The number of carbonyl (C=O) groups is 2. The second-order valence-electron chi connectivity index (χ2n) is 9.29. The highest BCUT2D eigenvalue weighted by Gasteiger charge is 2.34. The van der Waals surface area contributed by atoms with Crippen molar-refractivity contribution in [2.45, 2.75) is 39.2 Å². The summed E-state index contributed by atoms with van der Waals surface area (Å²) in [5, 5.41) is 0. The first-order chi connectivity index (χ1) is 17.0. The van der Waals surface area contributed by atoms with Gasteiger partial charge in [0.15, 0.2) is 23.9 Å². The number of hydrogen-bond acceptors (Lipinski definition) is 7. The van der Waals surface area contributed by atoms with Crippen LogP contribution in [0.4, 0.5) is 0 Å². The van der Waals surface area contributed by atoms with Crippen LogP contribution in [0.25, 0.3) is 0 Å². The molecule has 0 radical (unpaired) electrons. The topological polar surface area (TPSA) is 74.3 Å². The van der Waals surface area contributed by atoms with Crippen molar-refractivity contribution in [2.75, 3.05) is 40.5 Å². The zero-order valence-corrected chi connectivity index (χ0v) is 20.9. The number of para-hydroxylation sites is 1. The molecule has 2 aromatic rings. The average Bonchev–Trinajstić information content (AvgIpc) is 3.17. The molecule has 4 rings (SSSR count). The van der Waals surface area contributed by atoms with Gasteiger partial charge in [0, 0.05) is 23.6 Å². The minimum atomic E-state index is -0.358. The molecular weight excluding hydrogens is 446 g/mol. The molecule has 2 aromatic carbocycles. The van der Waals surface area contributed by atoms with Crippen LogP contribution < -0.4 is 14.2 Å². The van der Waals surface area contributed by atoms with Gasteiger partial charge in [-0.1, -0.05) is 18.2 Å². The Morgan fingerprint density at radius 2 is 1.74 bits per heavy atom. The third-order valence-electron chi connectivity index (χ3n) is 7.05. The highest BCUT2D eigenvalue weighted by atomic mass is 16.6. The van der Waals surface area contributed by atoms with E-state index in [1.54, 1.807) is 21.1 Å². The SMILES string of the molecule is CCOC(=O)COc1ccccc1CN1CCC(CC2Cc3cc(OC)c(OC)cc3C2=O)CC1. The predicted octanol–water partition coefficient (Wildman–Crippen LogP) is 4.30. The van der Waals surface area contributed by atoms with Gasteiger partial charge in [-0.25, -0.2) is 4.79 Å². The van der Waals surface area contributed by atoms with Gasteiger partial charge in [0.2, 0.25) is 0 Å². The quantitative estimate of drug-likeness (QED) is 0.468. The average molecular weight is 482 g/mol. The van der Waals surface area contributed by atoms with Crippen molar-refractivity contribution in [1.29, 1.82) is 0 Å². The standard InChI is InChI=1S/C28H35NO6/c1-4-34-27(30)18-35-24-8-6-5-7-20(24)17-29-11-9-19(10-12-29)13-22-14-21-15-25(32-2)26(33-3)16-23(21)28(22)31/h5-8,15-16,19,22H,4,9-14,17-18H2,1-3H3. The second-order valence-corrected chi connectivity index (χ2v) is 9.29. The van der Waals surface area contributed by atoms with Gasteiger partial charge in [-0.15, -0.1) is 0 Å². The molecular formula is C28H35NO6. The largest absolute Gasteiger partial charge is 0.493 e. The molecule has 0 bridgehead atoms. The molecule has 1 aliphatic carbocycles. The highest BCUT2D eigenvalue weighted by Crippen LogP contribution is 2.39. The van der Waals surface area contributed by atoms with E-state index in [0.717, 1.165) is 67.8 Å². The van der Waals surface area contributed by atoms with Crippen molar-refractivity contribution in [3.05, 3.63) is 53.1 Å². The number of ether oxygens (including phenoxy) is 4. The van der Waals surface area contributed by atoms with E-state index >= 15 is 0 Å². The summed E-state index contributed by atoms with van der Waals surface area (Å²) in [6.07, 6.45) is 3.84. The van der Waals surface area contributed by atoms with E-state index in [-0.39, 0.29) is 24.3 Å². The van der Waals surface area contributed by atoms with Crippen molar-refractivity contribution in [3.8, 4) is 17.2 Å². The van der Waals surface area contributed by atoms with Crippen LogP contribution >= 0.6 is 0 Å². The number of carbonyl (C=O) groups excluding carboxylic acids is 2. The van der Waals surface area contributed by atoms with Crippen LogP contribution in [-0.2, 0) is 22.5 Å². The number of esters is 1. The molecule has 188 valence electrons. The summed E-state index contributed by atoms with van der Waals surface area (Å²) in [7, 11) is 3.22. The fourth-order valence-corrected chi connectivity index (χ4v) is 5.23. The summed E-state index contributed by atoms with van der Waals surface area (Å²) in [6, 6.07) is 11.6. The molecule has 0 spiro atoms. The number of likely N-dealkylation sites (tertiary alicyclic amines) is 1. The van der Waals surface area contributed by atoms with Gasteiger partial charge < -0.3 is 18.9 Å². The van der Waals surface area contributed by atoms with E-state index in [4.69, 9.17) is 18.9 Å². The Balaban J connectivity index is 1.29. The smallest absolute Gasteiger partial charge is 0.344 e. The maximum absolute atomic E-state index is 13.1. The van der Waals surface area contributed by atoms with Crippen molar-refractivity contribution in [2.24, 2.45) is 11.8 Å². The van der Waals surface area contributed by atoms with E-state index < -0.39 is 0 Å². The first-order valence-electron chi connectivity index (χ1n) is 12.4. The first kappa shape index (κ1) is 25.0. The van der Waals surface area contributed by atoms with Crippen LogP contribution in [0.5, 0.6) is 17.2 Å². The van der Waals surface area contributed by atoms with E-state index in [2.05, 4.69) is 4.90 Å². The summed E-state index contributed by atoms with van der Waals surface area (Å²) in [4.78, 5) is 27.2. The molecule has 0 saturated carbocycles. The lowest BCUT2D eigenvalue weighted by atomic mass is 9.85. The third-order valence-corrected chi connectivity index (χ3v) is 7.05. The van der Waals surface area contributed by atoms with Crippen molar-refractivity contribution in [3.63, 3.8) is 0 Å². The number of piperidine rings is 1. The van der Waals surface area contributed by atoms with Gasteiger partial charge in [-0.3, -0.25) is 9.69 Å². The number of Topliss-reactive ketones (excluding diaryl/α,β-unsaturated/α-hetero) is 1. The number of nitrogens with zero attached hydrogens (tertiary/aromatic N) is 1. The maximum Gasteiger partial charge on any atom is 0.344 e. The number of hydrogen-bond donors (Lipinski definition) is 0. The van der Waals surface area contributed by atoms with Crippen LogP contribution in [0.3, 0.4) is 0 Å². The molecule has 7 nitrogen and oxygen atoms in total. The monoisotopic (exact) mass is 481 g/mol. The van der Waals surface area contributed by atoms with Gasteiger partial charge in [-0.2, -0.15) is 0 Å². The van der Waals surface area contributed by atoms with E-state index in [9.17, 15) is 9.59 Å². The third kappa shape index (κ3) is 5.96. The lowest BCUT2D eigenvalue weighted by molar-refractivity contribution is -0.145. The van der Waals surface area contributed by atoms with Gasteiger partial charge in [-0.05, 0) is 75.4 Å². The van der Waals surface area contributed by atoms with Gasteiger partial charge >= 0.3 is 5.97 Å². The number of ketones is 1.